The quantitative estimate of drug-likeness (QED) is 0.426. The molecule has 142 valence electrons. The number of aryl methyl sites for hydroxylation is 1. The summed E-state index contributed by atoms with van der Waals surface area (Å²) >= 11 is 0. The zero-order chi connectivity index (χ0) is 19.4. The van der Waals surface area contributed by atoms with Crippen molar-refractivity contribution in [2.75, 3.05) is 23.7 Å². The van der Waals surface area contributed by atoms with E-state index in [4.69, 9.17) is 0 Å². The molecule has 2 amide bonds. The molecule has 3 rings (SSSR count). The summed E-state index contributed by atoms with van der Waals surface area (Å²) in [4.78, 5) is 37.9. The molecule has 5 N–H and O–H groups in total. The van der Waals surface area contributed by atoms with E-state index in [1.807, 2.05) is 18.2 Å². The van der Waals surface area contributed by atoms with Gasteiger partial charge in [0.05, 0.1) is 11.0 Å². The molecular weight excluding hydrogens is 346 g/mol. The maximum Gasteiger partial charge on any atom is 0.319 e. The topological polar surface area (TPSA) is 128 Å². The minimum atomic E-state index is -0.314. The van der Waals surface area contributed by atoms with Gasteiger partial charge in [-0.25, -0.2) is 14.8 Å². The largest absolute Gasteiger partial charge is 0.354 e. The number of imidazole rings is 1. The van der Waals surface area contributed by atoms with E-state index >= 15 is 0 Å². The number of nitrogens with zero attached hydrogens (tertiary/aromatic N) is 2. The first kappa shape index (κ1) is 18.4. The Balaban J connectivity index is 1.50. The third kappa shape index (κ3) is 4.84. The number of carbonyl (C=O) groups is 1. The van der Waals surface area contributed by atoms with Gasteiger partial charge in [0.2, 0.25) is 5.95 Å². The Hall–Kier alpha value is -3.36. The highest BCUT2D eigenvalue weighted by atomic mass is 16.2. The number of aromatic amines is 2. The average molecular weight is 369 g/mol. The number of anilines is 2. The van der Waals surface area contributed by atoms with E-state index in [0.717, 1.165) is 16.9 Å². The smallest absolute Gasteiger partial charge is 0.319 e. The summed E-state index contributed by atoms with van der Waals surface area (Å²) in [5.74, 6) is 1.61. The Morgan fingerprint density at radius 2 is 1.96 bits per heavy atom. The molecule has 0 aliphatic heterocycles. The van der Waals surface area contributed by atoms with Crippen LogP contribution < -0.4 is 21.5 Å². The van der Waals surface area contributed by atoms with Crippen LogP contribution in [0.2, 0.25) is 0 Å². The van der Waals surface area contributed by atoms with Crippen molar-refractivity contribution in [2.24, 2.45) is 0 Å². The fourth-order valence-corrected chi connectivity index (χ4v) is 2.58. The Morgan fingerprint density at radius 1 is 1.15 bits per heavy atom. The molecule has 0 aliphatic carbocycles. The van der Waals surface area contributed by atoms with Crippen molar-refractivity contribution >= 4 is 28.7 Å². The van der Waals surface area contributed by atoms with E-state index in [2.05, 4.69) is 49.7 Å². The van der Waals surface area contributed by atoms with Crippen LogP contribution in [0.5, 0.6) is 0 Å². The highest BCUT2D eigenvalue weighted by Gasteiger charge is 2.08. The molecule has 0 unspecified atom stereocenters. The standard InChI is InChI=1S/C18H23N7O2/c1-10(2)16-23-13-5-4-12(9-14(13)24-16)22-18(27)20-7-6-19-17-21-11(3)8-15(26)25-17/h4-5,8-10H,6-7H2,1-3H3,(H,23,24)(H2,20,22,27)(H2,19,21,25,26). The number of aromatic nitrogens is 4. The average Bonchev–Trinajstić information content (AvgIpc) is 3.01. The predicted molar refractivity (Wildman–Crippen MR) is 105 cm³/mol. The van der Waals surface area contributed by atoms with Crippen molar-refractivity contribution < 1.29 is 4.79 Å². The molecule has 0 radical (unpaired) electrons. The number of amides is 2. The van der Waals surface area contributed by atoms with E-state index in [1.54, 1.807) is 6.92 Å². The number of H-pyrrole nitrogens is 2. The number of rotatable bonds is 6. The second-order valence-corrected chi connectivity index (χ2v) is 6.55. The summed E-state index contributed by atoms with van der Waals surface area (Å²) in [5, 5.41) is 8.49. The molecule has 27 heavy (non-hydrogen) atoms. The van der Waals surface area contributed by atoms with Crippen molar-refractivity contribution in [3.8, 4) is 0 Å². The van der Waals surface area contributed by atoms with Gasteiger partial charge in [-0.2, -0.15) is 0 Å². The molecule has 0 spiro atoms. The monoisotopic (exact) mass is 369 g/mol. The van der Waals surface area contributed by atoms with Crippen molar-refractivity contribution in [3.05, 3.63) is 46.1 Å². The molecular formula is C18H23N7O2. The molecule has 0 atom stereocenters. The van der Waals surface area contributed by atoms with Crippen LogP contribution in [0.1, 0.15) is 31.3 Å². The van der Waals surface area contributed by atoms with E-state index < -0.39 is 0 Å². The maximum atomic E-state index is 12.0. The Bertz CT molecular complexity index is 1010. The predicted octanol–water partition coefficient (Wildman–Crippen LogP) is 2.31. The number of urea groups is 1. The van der Waals surface area contributed by atoms with Crippen LogP contribution in [0.4, 0.5) is 16.4 Å². The van der Waals surface area contributed by atoms with E-state index in [9.17, 15) is 9.59 Å². The molecule has 0 saturated heterocycles. The van der Waals surface area contributed by atoms with Gasteiger partial charge in [0.15, 0.2) is 0 Å². The van der Waals surface area contributed by atoms with Gasteiger partial charge in [-0.3, -0.25) is 9.78 Å². The lowest BCUT2D eigenvalue weighted by Gasteiger charge is -2.09. The molecule has 0 bridgehead atoms. The van der Waals surface area contributed by atoms with Gasteiger partial charge >= 0.3 is 6.03 Å². The van der Waals surface area contributed by atoms with Gasteiger partial charge in [-0.1, -0.05) is 13.8 Å². The van der Waals surface area contributed by atoms with Crippen LogP contribution in [0.25, 0.3) is 11.0 Å². The van der Waals surface area contributed by atoms with Gasteiger partial charge in [0.1, 0.15) is 5.82 Å². The van der Waals surface area contributed by atoms with E-state index in [0.29, 0.717) is 36.3 Å². The zero-order valence-electron chi connectivity index (χ0n) is 15.5. The molecule has 3 aromatic rings. The molecule has 0 aliphatic rings. The number of hydrogen-bond acceptors (Lipinski definition) is 5. The number of nitrogens with one attached hydrogen (secondary N) is 5. The highest BCUT2D eigenvalue weighted by molar-refractivity contribution is 5.91. The summed E-state index contributed by atoms with van der Waals surface area (Å²) in [5.41, 5.74) is 2.84. The van der Waals surface area contributed by atoms with Crippen molar-refractivity contribution in [1.82, 2.24) is 25.3 Å². The summed E-state index contributed by atoms with van der Waals surface area (Å²) in [7, 11) is 0. The van der Waals surface area contributed by atoms with Crippen LogP contribution in [-0.2, 0) is 0 Å². The number of hydrogen-bond donors (Lipinski definition) is 5. The molecule has 0 saturated carbocycles. The molecule has 9 heteroatoms. The fraction of sp³-hybridized carbons (Fsp3) is 0.333. The molecule has 0 fully saturated rings. The lowest BCUT2D eigenvalue weighted by molar-refractivity contribution is 0.252. The van der Waals surface area contributed by atoms with Crippen LogP contribution in [0, 0.1) is 6.92 Å². The zero-order valence-corrected chi connectivity index (χ0v) is 15.5. The van der Waals surface area contributed by atoms with Gasteiger partial charge in [0, 0.05) is 36.5 Å². The summed E-state index contributed by atoms with van der Waals surface area (Å²) in [6.07, 6.45) is 0. The Morgan fingerprint density at radius 3 is 2.70 bits per heavy atom. The third-order valence-corrected chi connectivity index (χ3v) is 3.88. The summed E-state index contributed by atoms with van der Waals surface area (Å²) in [6, 6.07) is 6.64. The lowest BCUT2D eigenvalue weighted by atomic mass is 10.2. The summed E-state index contributed by atoms with van der Waals surface area (Å²) < 4.78 is 0. The second-order valence-electron chi connectivity index (χ2n) is 6.55. The Labute approximate surface area is 156 Å². The van der Waals surface area contributed by atoms with E-state index in [-0.39, 0.29) is 11.6 Å². The molecule has 1 aromatic carbocycles. The van der Waals surface area contributed by atoms with Crippen LogP contribution >= 0.6 is 0 Å². The summed E-state index contributed by atoms with van der Waals surface area (Å²) in [6.45, 7) is 6.68. The van der Waals surface area contributed by atoms with Gasteiger partial charge in [-0.15, -0.1) is 0 Å². The maximum absolute atomic E-state index is 12.0. The first-order chi connectivity index (χ1) is 12.9. The van der Waals surface area contributed by atoms with Gasteiger partial charge in [0.25, 0.3) is 5.56 Å². The lowest BCUT2D eigenvalue weighted by Crippen LogP contribution is -2.33. The second kappa shape index (κ2) is 7.90. The van der Waals surface area contributed by atoms with Gasteiger partial charge < -0.3 is 20.9 Å². The Kier molecular flexibility index (Phi) is 5.39. The van der Waals surface area contributed by atoms with Crippen LogP contribution in [0.15, 0.2) is 29.1 Å². The van der Waals surface area contributed by atoms with Gasteiger partial charge in [-0.05, 0) is 25.1 Å². The normalized spacial score (nSPS) is 11.0. The first-order valence-corrected chi connectivity index (χ1v) is 8.77. The number of carbonyl (C=O) groups excluding carboxylic acids is 1. The minimum Gasteiger partial charge on any atom is -0.354 e. The van der Waals surface area contributed by atoms with Crippen molar-refractivity contribution in [2.45, 2.75) is 26.7 Å². The minimum absolute atomic E-state index is 0.217. The van der Waals surface area contributed by atoms with Crippen molar-refractivity contribution in [1.29, 1.82) is 0 Å². The molecule has 2 heterocycles. The molecule has 2 aromatic heterocycles. The van der Waals surface area contributed by atoms with E-state index in [1.165, 1.54) is 6.07 Å². The number of fused-ring (bicyclic) bond motifs is 1. The SMILES string of the molecule is Cc1cc(=O)[nH]c(NCCNC(=O)Nc2ccc3nc(C(C)C)[nH]c3c2)n1. The third-order valence-electron chi connectivity index (χ3n) is 3.88. The van der Waals surface area contributed by atoms with Crippen LogP contribution in [-0.4, -0.2) is 39.1 Å². The van der Waals surface area contributed by atoms with Crippen LogP contribution in [0.3, 0.4) is 0 Å². The first-order valence-electron chi connectivity index (χ1n) is 8.77. The van der Waals surface area contributed by atoms with Crippen molar-refractivity contribution in [3.63, 3.8) is 0 Å². The number of benzene rings is 1. The molecule has 9 nitrogen and oxygen atoms in total. The highest BCUT2D eigenvalue weighted by Crippen LogP contribution is 2.20. The fourth-order valence-electron chi connectivity index (χ4n) is 2.58.